The van der Waals surface area contributed by atoms with Crippen molar-refractivity contribution >= 4 is 5.91 Å². The summed E-state index contributed by atoms with van der Waals surface area (Å²) in [5.41, 5.74) is 2.83. The Bertz CT molecular complexity index is 683. The first kappa shape index (κ1) is 15.5. The number of hydrogen-bond donors (Lipinski definition) is 1. The third kappa shape index (κ3) is 3.21. The Morgan fingerprint density at radius 1 is 1.52 bits per heavy atom. The maximum absolute atomic E-state index is 12.9. The number of aryl methyl sites for hydroxylation is 1. The number of carbonyl (C=O) groups is 1. The third-order valence-corrected chi connectivity index (χ3v) is 4.27. The van der Waals surface area contributed by atoms with Crippen LogP contribution in [0.1, 0.15) is 47.3 Å². The number of nitrogens with one attached hydrogen (secondary N) is 1. The van der Waals surface area contributed by atoms with Crippen molar-refractivity contribution in [3.8, 4) is 5.88 Å². The molecule has 3 rings (SSSR count). The van der Waals surface area contributed by atoms with E-state index < -0.39 is 0 Å². The van der Waals surface area contributed by atoms with Gasteiger partial charge in [0.05, 0.1) is 12.8 Å². The molecule has 1 aliphatic heterocycles. The zero-order valence-electron chi connectivity index (χ0n) is 13.6. The minimum atomic E-state index is -0.0107. The number of pyridine rings is 1. The molecule has 3 heterocycles. The number of likely N-dealkylation sites (tertiary alicyclic amines) is 1. The fraction of sp³-hybridized carbons (Fsp3) is 0.471. The second kappa shape index (κ2) is 6.81. The summed E-state index contributed by atoms with van der Waals surface area (Å²) in [6, 6.07) is 3.56. The number of aromatic amines is 1. The fourth-order valence-electron chi connectivity index (χ4n) is 3.14. The molecule has 0 radical (unpaired) electrons. The maximum atomic E-state index is 12.9. The molecule has 1 fully saturated rings. The third-order valence-electron chi connectivity index (χ3n) is 4.27. The summed E-state index contributed by atoms with van der Waals surface area (Å²) in [4.78, 5) is 19.0. The van der Waals surface area contributed by atoms with Crippen LogP contribution in [-0.4, -0.2) is 45.7 Å². The van der Waals surface area contributed by atoms with Gasteiger partial charge in [-0.15, -0.1) is 0 Å². The molecule has 1 N–H and O–H groups in total. The minimum absolute atomic E-state index is 0.0107. The van der Waals surface area contributed by atoms with E-state index >= 15 is 0 Å². The van der Waals surface area contributed by atoms with Gasteiger partial charge in [-0.05, 0) is 44.4 Å². The molecular formula is C17H22N4O2. The first-order chi connectivity index (χ1) is 11.2. The zero-order valence-corrected chi connectivity index (χ0v) is 13.6. The summed E-state index contributed by atoms with van der Waals surface area (Å²) >= 11 is 0. The Hall–Kier alpha value is -2.37. The largest absolute Gasteiger partial charge is 0.477 e. The molecule has 0 saturated carbocycles. The van der Waals surface area contributed by atoms with E-state index in [2.05, 4.69) is 15.2 Å². The molecule has 1 amide bonds. The predicted octanol–water partition coefficient (Wildman–Crippen LogP) is 2.53. The summed E-state index contributed by atoms with van der Waals surface area (Å²) in [5, 5.41) is 7.19. The number of H-pyrrole nitrogens is 1. The summed E-state index contributed by atoms with van der Waals surface area (Å²) in [5.74, 6) is 0.714. The Labute approximate surface area is 135 Å². The number of carbonyl (C=O) groups excluding carboxylic acids is 1. The molecular weight excluding hydrogens is 292 g/mol. The molecule has 1 atom stereocenters. The van der Waals surface area contributed by atoms with Crippen LogP contribution in [0.15, 0.2) is 24.5 Å². The van der Waals surface area contributed by atoms with E-state index in [0.717, 1.165) is 30.6 Å². The summed E-state index contributed by atoms with van der Waals surface area (Å²) in [6.45, 7) is 5.90. The van der Waals surface area contributed by atoms with Gasteiger partial charge in [0.2, 0.25) is 5.88 Å². The normalized spacial score (nSPS) is 18.0. The topological polar surface area (TPSA) is 71.1 Å². The molecule has 1 aliphatic rings. The van der Waals surface area contributed by atoms with Gasteiger partial charge in [0.15, 0.2) is 0 Å². The monoisotopic (exact) mass is 314 g/mol. The number of nitrogens with zero attached hydrogens (tertiary/aromatic N) is 3. The fourth-order valence-corrected chi connectivity index (χ4v) is 3.14. The van der Waals surface area contributed by atoms with Gasteiger partial charge in [-0.25, -0.2) is 4.98 Å². The molecule has 6 heteroatoms. The van der Waals surface area contributed by atoms with E-state index in [0.29, 0.717) is 30.5 Å². The van der Waals surface area contributed by atoms with Crippen LogP contribution in [0.4, 0.5) is 0 Å². The molecule has 0 bridgehead atoms. The van der Waals surface area contributed by atoms with E-state index in [1.54, 1.807) is 18.3 Å². The number of hydrogen-bond acceptors (Lipinski definition) is 4. The van der Waals surface area contributed by atoms with Crippen molar-refractivity contribution in [2.75, 3.05) is 19.7 Å². The molecule has 2 aromatic rings. The quantitative estimate of drug-likeness (QED) is 0.941. The molecule has 2 aromatic heterocycles. The van der Waals surface area contributed by atoms with E-state index in [9.17, 15) is 4.79 Å². The Morgan fingerprint density at radius 2 is 2.39 bits per heavy atom. The molecule has 1 unspecified atom stereocenters. The average Bonchev–Trinajstić information content (AvgIpc) is 3.01. The van der Waals surface area contributed by atoms with Gasteiger partial charge in [0.25, 0.3) is 5.91 Å². The molecule has 6 nitrogen and oxygen atoms in total. The predicted molar refractivity (Wildman–Crippen MR) is 86.6 cm³/mol. The lowest BCUT2D eigenvalue weighted by molar-refractivity contribution is 0.0700. The summed E-state index contributed by atoms with van der Waals surface area (Å²) < 4.78 is 5.49. The van der Waals surface area contributed by atoms with Gasteiger partial charge in [-0.3, -0.25) is 9.89 Å². The highest BCUT2D eigenvalue weighted by molar-refractivity contribution is 5.96. The first-order valence-electron chi connectivity index (χ1n) is 8.07. The van der Waals surface area contributed by atoms with Crippen LogP contribution < -0.4 is 4.74 Å². The van der Waals surface area contributed by atoms with Crippen molar-refractivity contribution in [2.24, 2.45) is 0 Å². The lowest BCUT2D eigenvalue weighted by atomic mass is 9.92. The number of aromatic nitrogens is 3. The van der Waals surface area contributed by atoms with Gasteiger partial charge in [0.1, 0.15) is 5.56 Å². The molecule has 1 saturated heterocycles. The molecule has 23 heavy (non-hydrogen) atoms. The number of amides is 1. The highest BCUT2D eigenvalue weighted by Crippen LogP contribution is 2.29. The number of ether oxygens (including phenoxy) is 1. The van der Waals surface area contributed by atoms with Crippen molar-refractivity contribution in [1.82, 2.24) is 20.1 Å². The minimum Gasteiger partial charge on any atom is -0.477 e. The van der Waals surface area contributed by atoms with Crippen LogP contribution >= 0.6 is 0 Å². The molecule has 0 aromatic carbocycles. The Morgan fingerprint density at radius 3 is 3.13 bits per heavy atom. The second-order valence-electron chi connectivity index (χ2n) is 5.85. The first-order valence-corrected chi connectivity index (χ1v) is 8.07. The Balaban J connectivity index is 1.79. The standard InChI is InChI=1S/C17H22N4O2/c1-3-23-16-14(7-4-8-18-16)17(22)21-9-5-6-13(11-21)15-12(2)10-19-20-15/h4,7-8,10,13H,3,5-6,9,11H2,1-2H3,(H,19,20). The van der Waals surface area contributed by atoms with Crippen molar-refractivity contribution in [3.05, 3.63) is 41.3 Å². The van der Waals surface area contributed by atoms with Crippen LogP contribution in [0.5, 0.6) is 5.88 Å². The van der Waals surface area contributed by atoms with E-state index in [1.807, 2.05) is 24.9 Å². The van der Waals surface area contributed by atoms with Crippen molar-refractivity contribution in [3.63, 3.8) is 0 Å². The number of rotatable bonds is 4. The maximum Gasteiger partial charge on any atom is 0.259 e. The Kier molecular flexibility index (Phi) is 4.60. The van der Waals surface area contributed by atoms with Crippen LogP contribution in [0.2, 0.25) is 0 Å². The van der Waals surface area contributed by atoms with Crippen LogP contribution in [-0.2, 0) is 0 Å². The SMILES string of the molecule is CCOc1ncccc1C(=O)N1CCCC(c2[nH]ncc2C)C1. The smallest absolute Gasteiger partial charge is 0.259 e. The number of piperidine rings is 1. The highest BCUT2D eigenvalue weighted by atomic mass is 16.5. The van der Waals surface area contributed by atoms with E-state index in [1.165, 1.54) is 0 Å². The second-order valence-corrected chi connectivity index (χ2v) is 5.85. The molecule has 0 spiro atoms. The van der Waals surface area contributed by atoms with Crippen molar-refractivity contribution < 1.29 is 9.53 Å². The van der Waals surface area contributed by atoms with Gasteiger partial charge >= 0.3 is 0 Å². The average molecular weight is 314 g/mol. The zero-order chi connectivity index (χ0) is 16.2. The van der Waals surface area contributed by atoms with Gasteiger partial charge < -0.3 is 9.64 Å². The van der Waals surface area contributed by atoms with E-state index in [4.69, 9.17) is 4.74 Å². The molecule has 0 aliphatic carbocycles. The van der Waals surface area contributed by atoms with Crippen LogP contribution in [0.25, 0.3) is 0 Å². The summed E-state index contributed by atoms with van der Waals surface area (Å²) in [6.07, 6.45) is 5.54. The van der Waals surface area contributed by atoms with Crippen molar-refractivity contribution in [1.29, 1.82) is 0 Å². The highest BCUT2D eigenvalue weighted by Gasteiger charge is 2.28. The molecule has 122 valence electrons. The van der Waals surface area contributed by atoms with Crippen LogP contribution in [0, 0.1) is 6.92 Å². The van der Waals surface area contributed by atoms with Crippen LogP contribution in [0.3, 0.4) is 0 Å². The lowest BCUT2D eigenvalue weighted by Crippen LogP contribution is -2.39. The van der Waals surface area contributed by atoms with Gasteiger partial charge in [-0.1, -0.05) is 0 Å². The van der Waals surface area contributed by atoms with E-state index in [-0.39, 0.29) is 5.91 Å². The van der Waals surface area contributed by atoms with Crippen molar-refractivity contribution in [2.45, 2.75) is 32.6 Å². The van der Waals surface area contributed by atoms with Gasteiger partial charge in [-0.2, -0.15) is 5.10 Å². The van der Waals surface area contributed by atoms with Gasteiger partial charge in [0, 0.05) is 30.9 Å². The summed E-state index contributed by atoms with van der Waals surface area (Å²) in [7, 11) is 0. The lowest BCUT2D eigenvalue weighted by Gasteiger charge is -2.32.